The first-order valence-corrected chi connectivity index (χ1v) is 11.4. The molecule has 1 fully saturated rings. The average molecular weight is 483 g/mol. The number of hydrogen-bond acceptors (Lipinski definition) is 3. The van der Waals surface area contributed by atoms with Crippen molar-refractivity contribution in [2.24, 2.45) is 0 Å². The van der Waals surface area contributed by atoms with Gasteiger partial charge >= 0.3 is 6.18 Å². The topological polar surface area (TPSA) is 36.3 Å². The second-order valence-corrected chi connectivity index (χ2v) is 9.19. The number of alkyl halides is 3. The van der Waals surface area contributed by atoms with Crippen molar-refractivity contribution in [2.75, 3.05) is 26.7 Å². The SMILES string of the molecule is CN1CCC(COCc2cc(-c3ccc(C#N)cc3)cc(C(F)(F)F)c2)(c2ccc(F)cc2)CC1. The van der Waals surface area contributed by atoms with Gasteiger partial charge in [0.15, 0.2) is 0 Å². The zero-order valence-corrected chi connectivity index (χ0v) is 19.4. The van der Waals surface area contributed by atoms with E-state index in [1.165, 1.54) is 12.1 Å². The maximum Gasteiger partial charge on any atom is 0.416 e. The number of rotatable bonds is 6. The summed E-state index contributed by atoms with van der Waals surface area (Å²) < 4.78 is 60.5. The number of likely N-dealkylation sites (tertiary alicyclic amines) is 1. The Balaban J connectivity index is 1.57. The summed E-state index contributed by atoms with van der Waals surface area (Å²) >= 11 is 0. The first-order chi connectivity index (χ1) is 16.7. The van der Waals surface area contributed by atoms with Gasteiger partial charge in [0.05, 0.1) is 30.4 Å². The monoisotopic (exact) mass is 482 g/mol. The van der Waals surface area contributed by atoms with Crippen LogP contribution >= 0.6 is 0 Å². The van der Waals surface area contributed by atoms with Gasteiger partial charge in [-0.3, -0.25) is 0 Å². The summed E-state index contributed by atoms with van der Waals surface area (Å²) in [6.07, 6.45) is -2.87. The zero-order chi connectivity index (χ0) is 25.1. The van der Waals surface area contributed by atoms with Crippen LogP contribution in [0.3, 0.4) is 0 Å². The molecule has 1 heterocycles. The summed E-state index contributed by atoms with van der Waals surface area (Å²) in [6.45, 7) is 2.06. The van der Waals surface area contributed by atoms with Crippen molar-refractivity contribution in [3.63, 3.8) is 0 Å². The minimum Gasteiger partial charge on any atom is -0.376 e. The van der Waals surface area contributed by atoms with Crippen LogP contribution in [0.15, 0.2) is 66.7 Å². The summed E-state index contributed by atoms with van der Waals surface area (Å²) in [4.78, 5) is 2.22. The Labute approximate surface area is 202 Å². The Morgan fingerprint density at radius 1 is 0.943 bits per heavy atom. The second kappa shape index (κ2) is 10.2. The molecule has 0 aliphatic carbocycles. The van der Waals surface area contributed by atoms with E-state index in [-0.39, 0.29) is 17.8 Å². The second-order valence-electron chi connectivity index (χ2n) is 9.19. The number of nitrogens with zero attached hydrogens (tertiary/aromatic N) is 2. The van der Waals surface area contributed by atoms with Crippen molar-refractivity contribution in [3.8, 4) is 17.2 Å². The van der Waals surface area contributed by atoms with Gasteiger partial charge in [-0.1, -0.05) is 24.3 Å². The lowest BCUT2D eigenvalue weighted by molar-refractivity contribution is -0.137. The number of nitriles is 1. The minimum absolute atomic E-state index is 0.0198. The third kappa shape index (κ3) is 5.90. The quantitative estimate of drug-likeness (QED) is 0.373. The van der Waals surface area contributed by atoms with Crippen molar-refractivity contribution >= 4 is 0 Å². The Morgan fingerprint density at radius 3 is 2.20 bits per heavy atom. The molecule has 0 spiro atoms. The fourth-order valence-corrected chi connectivity index (χ4v) is 4.57. The first kappa shape index (κ1) is 24.9. The van der Waals surface area contributed by atoms with Crippen LogP contribution in [0.5, 0.6) is 0 Å². The van der Waals surface area contributed by atoms with Crippen molar-refractivity contribution < 1.29 is 22.3 Å². The van der Waals surface area contributed by atoms with E-state index in [9.17, 15) is 17.6 Å². The summed E-state index contributed by atoms with van der Waals surface area (Å²) in [5, 5.41) is 8.99. The molecule has 3 aromatic rings. The molecule has 0 unspecified atom stereocenters. The third-order valence-corrected chi connectivity index (χ3v) is 6.72. The summed E-state index contributed by atoms with van der Waals surface area (Å²) in [6, 6.07) is 18.8. The van der Waals surface area contributed by atoms with Crippen LogP contribution < -0.4 is 0 Å². The Hall–Kier alpha value is -3.21. The molecule has 3 aromatic carbocycles. The summed E-state index contributed by atoms with van der Waals surface area (Å²) in [5.41, 5.74) is 1.78. The lowest BCUT2D eigenvalue weighted by Crippen LogP contribution is -2.43. The molecule has 0 amide bonds. The third-order valence-electron chi connectivity index (χ3n) is 6.72. The highest BCUT2D eigenvalue weighted by Gasteiger charge is 2.36. The average Bonchev–Trinajstić information content (AvgIpc) is 2.85. The van der Waals surface area contributed by atoms with Gasteiger partial charge < -0.3 is 9.64 Å². The van der Waals surface area contributed by atoms with Crippen LogP contribution in [-0.4, -0.2) is 31.6 Å². The fourth-order valence-electron chi connectivity index (χ4n) is 4.57. The number of halogens is 4. The normalized spacial score (nSPS) is 16.1. The Bertz CT molecular complexity index is 1190. The Morgan fingerprint density at radius 2 is 1.60 bits per heavy atom. The fraction of sp³-hybridized carbons (Fsp3) is 0.321. The molecule has 4 rings (SSSR count). The molecule has 7 heteroatoms. The van der Waals surface area contributed by atoms with Gasteiger partial charge in [0.2, 0.25) is 0 Å². The van der Waals surface area contributed by atoms with Crippen molar-refractivity contribution in [1.29, 1.82) is 5.26 Å². The van der Waals surface area contributed by atoms with Crippen LogP contribution in [0.2, 0.25) is 0 Å². The van der Waals surface area contributed by atoms with Gasteiger partial charge in [-0.25, -0.2) is 4.39 Å². The maximum atomic E-state index is 13.6. The molecule has 0 atom stereocenters. The highest BCUT2D eigenvalue weighted by molar-refractivity contribution is 5.66. The van der Waals surface area contributed by atoms with Crippen LogP contribution in [0.1, 0.15) is 35.1 Å². The number of piperidine rings is 1. The molecule has 35 heavy (non-hydrogen) atoms. The number of hydrogen-bond donors (Lipinski definition) is 0. The highest BCUT2D eigenvalue weighted by atomic mass is 19.4. The molecule has 1 saturated heterocycles. The Kier molecular flexibility index (Phi) is 7.25. The molecule has 0 radical (unpaired) electrons. The van der Waals surface area contributed by atoms with E-state index < -0.39 is 11.7 Å². The van der Waals surface area contributed by atoms with Crippen molar-refractivity contribution in [1.82, 2.24) is 4.90 Å². The summed E-state index contributed by atoms with van der Waals surface area (Å²) in [5.74, 6) is -0.308. The molecular weight excluding hydrogens is 456 g/mol. The largest absolute Gasteiger partial charge is 0.416 e. The molecule has 0 bridgehead atoms. The minimum atomic E-state index is -4.50. The van der Waals surface area contributed by atoms with Crippen LogP contribution in [0.25, 0.3) is 11.1 Å². The number of benzene rings is 3. The standard InChI is InChI=1S/C28H26F4N2O/c1-34-12-10-27(11-13-34,24-6-8-26(29)9-7-24)19-35-18-21-14-23(16-25(15-21)28(30,31)32)22-4-2-20(17-33)3-5-22/h2-9,14-16H,10-13,18-19H2,1H3. The van der Waals surface area contributed by atoms with Gasteiger partial charge in [0.1, 0.15) is 5.82 Å². The van der Waals surface area contributed by atoms with Crippen molar-refractivity contribution in [3.05, 3.63) is 94.8 Å². The predicted molar refractivity (Wildman–Crippen MR) is 126 cm³/mol. The van der Waals surface area contributed by atoms with Gasteiger partial charge in [-0.15, -0.1) is 0 Å². The molecule has 1 aliphatic rings. The van der Waals surface area contributed by atoms with Crippen LogP contribution in [0, 0.1) is 17.1 Å². The molecule has 1 aliphatic heterocycles. The van der Waals surface area contributed by atoms with E-state index in [2.05, 4.69) is 4.90 Å². The zero-order valence-electron chi connectivity index (χ0n) is 19.4. The molecule has 182 valence electrons. The number of ether oxygens (including phenoxy) is 1. The van der Waals surface area contributed by atoms with Crippen LogP contribution in [-0.2, 0) is 22.9 Å². The smallest absolute Gasteiger partial charge is 0.376 e. The lowest BCUT2D eigenvalue weighted by atomic mass is 9.73. The van der Waals surface area contributed by atoms with E-state index in [0.29, 0.717) is 28.9 Å². The molecule has 0 N–H and O–H groups in total. The predicted octanol–water partition coefficient (Wildman–Crippen LogP) is 6.56. The van der Waals surface area contributed by atoms with E-state index in [0.717, 1.165) is 43.6 Å². The molecular formula is C28H26F4N2O. The highest BCUT2D eigenvalue weighted by Crippen LogP contribution is 2.37. The maximum absolute atomic E-state index is 13.6. The first-order valence-electron chi connectivity index (χ1n) is 11.4. The van der Waals surface area contributed by atoms with E-state index in [4.69, 9.17) is 10.00 Å². The van der Waals surface area contributed by atoms with E-state index in [1.54, 1.807) is 42.5 Å². The van der Waals surface area contributed by atoms with Gasteiger partial charge in [0.25, 0.3) is 0 Å². The molecule has 0 aromatic heterocycles. The lowest BCUT2D eigenvalue weighted by Gasteiger charge is -2.41. The van der Waals surface area contributed by atoms with Gasteiger partial charge in [0, 0.05) is 5.41 Å². The van der Waals surface area contributed by atoms with E-state index in [1.807, 2.05) is 13.1 Å². The molecule has 0 saturated carbocycles. The van der Waals surface area contributed by atoms with Crippen LogP contribution in [0.4, 0.5) is 17.6 Å². The summed E-state index contributed by atoms with van der Waals surface area (Å²) in [7, 11) is 2.04. The molecule has 3 nitrogen and oxygen atoms in total. The van der Waals surface area contributed by atoms with Gasteiger partial charge in [-0.05, 0) is 97.7 Å². The van der Waals surface area contributed by atoms with E-state index >= 15 is 0 Å². The van der Waals surface area contributed by atoms with Crippen molar-refractivity contribution in [2.45, 2.75) is 31.0 Å². The van der Waals surface area contributed by atoms with Gasteiger partial charge in [-0.2, -0.15) is 18.4 Å².